The van der Waals surface area contributed by atoms with Crippen LogP contribution in [0.2, 0.25) is 0 Å². The fraction of sp³-hybridized carbons (Fsp3) is 0.333. The number of hydrogen-bond donors (Lipinski definition) is 1. The van der Waals surface area contributed by atoms with E-state index in [-0.39, 0.29) is 6.03 Å². The molecule has 0 saturated heterocycles. The maximum atomic E-state index is 12.7. The molecule has 25 heavy (non-hydrogen) atoms. The molecule has 4 nitrogen and oxygen atoms in total. The summed E-state index contributed by atoms with van der Waals surface area (Å²) in [5.41, 5.74) is 1.14. The second-order valence-corrected chi connectivity index (χ2v) is 6.46. The van der Waals surface area contributed by atoms with Crippen LogP contribution < -0.4 is 10.2 Å². The predicted molar refractivity (Wildman–Crippen MR) is 86.2 cm³/mol. The van der Waals surface area contributed by atoms with Gasteiger partial charge in [-0.2, -0.15) is 13.2 Å². The Morgan fingerprint density at radius 3 is 2.52 bits per heavy atom. The van der Waals surface area contributed by atoms with Crippen LogP contribution >= 0.6 is 0 Å². The fourth-order valence-corrected chi connectivity index (χ4v) is 3.28. The van der Waals surface area contributed by atoms with Crippen LogP contribution in [-0.4, -0.2) is 17.6 Å². The molecular formula is C18H16F3N3O. The summed E-state index contributed by atoms with van der Waals surface area (Å²) in [6.45, 7) is 0.557. The first-order valence-corrected chi connectivity index (χ1v) is 8.10. The van der Waals surface area contributed by atoms with Crippen LogP contribution in [0.25, 0.3) is 0 Å². The smallest absolute Gasteiger partial charge is 0.328 e. The molecule has 0 bridgehead atoms. The van der Waals surface area contributed by atoms with Crippen molar-refractivity contribution < 1.29 is 18.0 Å². The number of fused-ring (bicyclic) bond motifs is 1. The first kappa shape index (κ1) is 15.9. The summed E-state index contributed by atoms with van der Waals surface area (Å²) in [5.74, 6) is 0. The lowest BCUT2D eigenvalue weighted by Gasteiger charge is -2.24. The van der Waals surface area contributed by atoms with E-state index >= 15 is 0 Å². The Bertz CT molecular complexity index is 813. The van der Waals surface area contributed by atoms with E-state index in [4.69, 9.17) is 0 Å². The minimum absolute atomic E-state index is 0.232. The number of anilines is 1. The normalized spacial score (nSPS) is 18.0. The summed E-state index contributed by atoms with van der Waals surface area (Å²) in [4.78, 5) is 18.6. The Hall–Kier alpha value is -2.57. The number of aromatic nitrogens is 1. The Balaban J connectivity index is 1.52. The Labute approximate surface area is 142 Å². The van der Waals surface area contributed by atoms with Gasteiger partial charge in [-0.1, -0.05) is 12.1 Å². The van der Waals surface area contributed by atoms with E-state index in [0.717, 1.165) is 36.4 Å². The quantitative estimate of drug-likeness (QED) is 0.897. The first-order valence-electron chi connectivity index (χ1n) is 8.10. The van der Waals surface area contributed by atoms with E-state index in [2.05, 4.69) is 10.3 Å². The summed E-state index contributed by atoms with van der Waals surface area (Å²) < 4.78 is 38.1. The van der Waals surface area contributed by atoms with Crippen LogP contribution in [0.3, 0.4) is 0 Å². The number of carbonyl (C=O) groups excluding carboxylic acids is 1. The zero-order valence-electron chi connectivity index (χ0n) is 13.3. The van der Waals surface area contributed by atoms with Crippen molar-refractivity contribution in [3.8, 4) is 0 Å². The maximum absolute atomic E-state index is 12.7. The number of hydrogen-bond acceptors (Lipinski definition) is 2. The molecular weight excluding hydrogens is 331 g/mol. The van der Waals surface area contributed by atoms with Crippen molar-refractivity contribution in [2.24, 2.45) is 0 Å². The lowest BCUT2D eigenvalue weighted by atomic mass is 10.0. The second-order valence-electron chi connectivity index (χ2n) is 6.46. The molecule has 0 radical (unpaired) electrons. The van der Waals surface area contributed by atoms with Crippen molar-refractivity contribution in [3.63, 3.8) is 0 Å². The minimum atomic E-state index is -4.36. The zero-order valence-corrected chi connectivity index (χ0v) is 13.3. The van der Waals surface area contributed by atoms with E-state index in [1.165, 1.54) is 12.1 Å². The van der Waals surface area contributed by atoms with Gasteiger partial charge in [-0.15, -0.1) is 0 Å². The summed E-state index contributed by atoms with van der Waals surface area (Å²) in [6.07, 6.45) is -0.512. The molecule has 1 aromatic heterocycles. The minimum Gasteiger partial charge on any atom is -0.328 e. The van der Waals surface area contributed by atoms with Crippen molar-refractivity contribution in [1.29, 1.82) is 0 Å². The largest absolute Gasteiger partial charge is 0.416 e. The third-order valence-electron chi connectivity index (χ3n) is 4.84. The highest BCUT2D eigenvalue weighted by atomic mass is 19.4. The van der Waals surface area contributed by atoms with Gasteiger partial charge < -0.3 is 5.32 Å². The van der Waals surface area contributed by atoms with Gasteiger partial charge in [0.15, 0.2) is 0 Å². The molecule has 2 heterocycles. The number of urea groups is 1. The van der Waals surface area contributed by atoms with E-state index in [0.29, 0.717) is 18.5 Å². The van der Waals surface area contributed by atoms with Gasteiger partial charge in [0.2, 0.25) is 0 Å². The molecule has 1 N–H and O–H groups in total. The van der Waals surface area contributed by atoms with E-state index in [1.807, 2.05) is 6.07 Å². The topological polar surface area (TPSA) is 45.2 Å². The molecule has 1 fully saturated rings. The molecule has 0 spiro atoms. The molecule has 1 saturated carbocycles. The van der Waals surface area contributed by atoms with Gasteiger partial charge in [-0.25, -0.2) is 4.79 Å². The number of rotatable bonds is 2. The summed E-state index contributed by atoms with van der Waals surface area (Å²) in [7, 11) is 0. The Kier molecular flexibility index (Phi) is 3.49. The average molecular weight is 347 g/mol. The van der Waals surface area contributed by atoms with E-state index in [9.17, 15) is 18.0 Å². The highest BCUT2D eigenvalue weighted by Gasteiger charge is 2.47. The molecule has 7 heteroatoms. The molecule has 1 aliphatic heterocycles. The molecule has 4 rings (SSSR count). The maximum Gasteiger partial charge on any atom is 0.416 e. The van der Waals surface area contributed by atoms with E-state index in [1.54, 1.807) is 17.2 Å². The number of halogens is 3. The number of alkyl halides is 3. The van der Waals surface area contributed by atoms with Crippen molar-refractivity contribution in [2.45, 2.75) is 31.0 Å². The number of nitrogens with zero attached hydrogens (tertiary/aromatic N) is 2. The molecule has 0 atom stereocenters. The summed E-state index contributed by atoms with van der Waals surface area (Å²) in [6, 6.07) is 8.45. The highest BCUT2D eigenvalue weighted by molar-refractivity contribution is 5.94. The van der Waals surface area contributed by atoms with Crippen molar-refractivity contribution >= 4 is 11.7 Å². The van der Waals surface area contributed by atoms with Gasteiger partial charge in [0, 0.05) is 19.2 Å². The highest BCUT2D eigenvalue weighted by Crippen LogP contribution is 2.46. The molecule has 0 unspecified atom stereocenters. The van der Waals surface area contributed by atoms with Crippen LogP contribution in [0.4, 0.5) is 23.7 Å². The van der Waals surface area contributed by atoms with Gasteiger partial charge in [0.1, 0.15) is 0 Å². The monoisotopic (exact) mass is 347 g/mol. The molecule has 1 aromatic carbocycles. The summed E-state index contributed by atoms with van der Waals surface area (Å²) in [5, 5.41) is 3.00. The van der Waals surface area contributed by atoms with Crippen molar-refractivity contribution in [2.75, 3.05) is 11.4 Å². The Morgan fingerprint density at radius 1 is 1.16 bits per heavy atom. The number of benzene rings is 1. The van der Waals surface area contributed by atoms with Crippen LogP contribution in [0.15, 0.2) is 42.6 Å². The second kappa shape index (κ2) is 5.47. The molecule has 2 amide bonds. The van der Waals surface area contributed by atoms with Crippen molar-refractivity contribution in [1.82, 2.24) is 10.3 Å². The Morgan fingerprint density at radius 2 is 1.88 bits per heavy atom. The van der Waals surface area contributed by atoms with Crippen LogP contribution in [0, 0.1) is 0 Å². The van der Waals surface area contributed by atoms with Crippen LogP contribution in [0.5, 0.6) is 0 Å². The standard InChI is InChI=1S/C18H16F3N3O/c19-18(20,21)13-5-3-12(4-6-13)17(8-9-17)23-16(25)24-11-7-14-15(24)2-1-10-22-14/h1-6,10H,7-9,11H2,(H,23,25). The van der Waals surface area contributed by atoms with E-state index < -0.39 is 17.3 Å². The third-order valence-corrected chi connectivity index (χ3v) is 4.84. The van der Waals surface area contributed by atoms with Gasteiger partial charge in [-0.3, -0.25) is 9.88 Å². The van der Waals surface area contributed by atoms with Crippen LogP contribution in [-0.2, 0) is 18.1 Å². The number of carbonyl (C=O) groups is 1. The van der Waals surface area contributed by atoms with Gasteiger partial charge in [0.05, 0.1) is 22.5 Å². The lowest BCUT2D eigenvalue weighted by molar-refractivity contribution is -0.137. The van der Waals surface area contributed by atoms with Gasteiger partial charge in [0.25, 0.3) is 0 Å². The third kappa shape index (κ3) is 2.83. The molecule has 2 aliphatic rings. The molecule has 130 valence electrons. The number of pyridine rings is 1. The zero-order chi connectivity index (χ0) is 17.7. The van der Waals surface area contributed by atoms with Crippen LogP contribution in [0.1, 0.15) is 29.7 Å². The van der Waals surface area contributed by atoms with Crippen molar-refractivity contribution in [3.05, 3.63) is 59.4 Å². The molecule has 1 aliphatic carbocycles. The average Bonchev–Trinajstić information content (AvgIpc) is 3.23. The summed E-state index contributed by atoms with van der Waals surface area (Å²) >= 11 is 0. The first-order chi connectivity index (χ1) is 11.9. The fourth-order valence-electron chi connectivity index (χ4n) is 3.28. The molecule has 2 aromatic rings. The van der Waals surface area contributed by atoms with Gasteiger partial charge >= 0.3 is 12.2 Å². The number of amides is 2. The van der Waals surface area contributed by atoms with Gasteiger partial charge in [-0.05, 0) is 42.7 Å². The lowest BCUT2D eigenvalue weighted by Crippen LogP contribution is -2.44. The number of nitrogens with one attached hydrogen (secondary N) is 1. The SMILES string of the molecule is O=C(NC1(c2ccc(C(F)(F)F)cc2)CC1)N1CCc2ncccc21. The predicted octanol–water partition coefficient (Wildman–Crippen LogP) is 3.86.